The predicted octanol–water partition coefficient (Wildman–Crippen LogP) is 4.01. The van der Waals surface area contributed by atoms with Crippen LogP contribution in [0.4, 0.5) is 21.5 Å². The van der Waals surface area contributed by atoms with Crippen LogP contribution >= 0.6 is 12.2 Å². The zero-order chi connectivity index (χ0) is 15.4. The van der Waals surface area contributed by atoms with Crippen LogP contribution in [0.1, 0.15) is 5.56 Å². The summed E-state index contributed by atoms with van der Waals surface area (Å²) in [6.07, 6.45) is 0. The van der Waals surface area contributed by atoms with Crippen molar-refractivity contribution in [2.24, 2.45) is 0 Å². The van der Waals surface area contributed by atoms with Gasteiger partial charge in [0.05, 0.1) is 0 Å². The first-order valence-corrected chi connectivity index (χ1v) is 6.98. The van der Waals surface area contributed by atoms with Gasteiger partial charge in [0.1, 0.15) is 5.82 Å². The van der Waals surface area contributed by atoms with E-state index in [4.69, 9.17) is 12.2 Å². The lowest BCUT2D eigenvalue weighted by atomic mass is 10.2. The Morgan fingerprint density at radius 1 is 1.05 bits per heavy atom. The van der Waals surface area contributed by atoms with Crippen molar-refractivity contribution < 1.29 is 4.39 Å². The Morgan fingerprint density at radius 3 is 2.33 bits per heavy atom. The maximum absolute atomic E-state index is 13.2. The average Bonchev–Trinajstić information content (AvgIpc) is 2.43. The molecular formula is C16H18FN3S. The lowest BCUT2D eigenvalue weighted by molar-refractivity contribution is 0.628. The predicted molar refractivity (Wildman–Crippen MR) is 91.7 cm³/mol. The van der Waals surface area contributed by atoms with Gasteiger partial charge in [-0.15, -0.1) is 0 Å². The molecule has 2 N–H and O–H groups in total. The van der Waals surface area contributed by atoms with Gasteiger partial charge in [-0.3, -0.25) is 0 Å². The summed E-state index contributed by atoms with van der Waals surface area (Å²) in [5.41, 5.74) is 3.59. The third-order valence-electron chi connectivity index (χ3n) is 3.09. The van der Waals surface area contributed by atoms with Crippen LogP contribution in [0.2, 0.25) is 0 Å². The fraction of sp³-hybridized carbons (Fsp3) is 0.188. The second-order valence-electron chi connectivity index (χ2n) is 4.98. The molecule has 0 fully saturated rings. The number of anilines is 3. The molecular weight excluding hydrogens is 285 g/mol. The topological polar surface area (TPSA) is 27.3 Å². The van der Waals surface area contributed by atoms with Crippen LogP contribution in [0.5, 0.6) is 0 Å². The standard InChI is InChI=1S/C16H18FN3S/c1-11-4-5-12(17)10-15(11)19-16(21)18-13-6-8-14(9-7-13)20(2)3/h4-10H,1-3H3,(H2,18,19,21). The summed E-state index contributed by atoms with van der Waals surface area (Å²) in [5.74, 6) is -0.291. The normalized spacial score (nSPS) is 10.1. The minimum Gasteiger partial charge on any atom is -0.378 e. The molecule has 2 aromatic carbocycles. The van der Waals surface area contributed by atoms with E-state index in [2.05, 4.69) is 10.6 Å². The summed E-state index contributed by atoms with van der Waals surface area (Å²) in [7, 11) is 3.97. The van der Waals surface area contributed by atoms with E-state index in [9.17, 15) is 4.39 Å². The maximum atomic E-state index is 13.2. The Morgan fingerprint density at radius 2 is 1.71 bits per heavy atom. The molecule has 21 heavy (non-hydrogen) atoms. The molecule has 0 saturated heterocycles. The van der Waals surface area contributed by atoms with Crippen LogP contribution in [0.15, 0.2) is 42.5 Å². The first kappa shape index (κ1) is 15.3. The number of halogens is 1. The first-order chi connectivity index (χ1) is 9.95. The molecule has 0 aliphatic heterocycles. The summed E-state index contributed by atoms with van der Waals surface area (Å²) < 4.78 is 13.2. The highest BCUT2D eigenvalue weighted by Crippen LogP contribution is 2.18. The van der Waals surface area contributed by atoms with Crippen LogP contribution < -0.4 is 15.5 Å². The van der Waals surface area contributed by atoms with E-state index in [0.717, 1.165) is 16.9 Å². The van der Waals surface area contributed by atoms with E-state index < -0.39 is 0 Å². The molecule has 0 aliphatic carbocycles. The van der Waals surface area contributed by atoms with Crippen LogP contribution in [-0.4, -0.2) is 19.2 Å². The number of thiocarbonyl (C=S) groups is 1. The maximum Gasteiger partial charge on any atom is 0.175 e. The molecule has 5 heteroatoms. The second kappa shape index (κ2) is 6.54. The quantitative estimate of drug-likeness (QED) is 0.838. The minimum atomic E-state index is -0.291. The van der Waals surface area contributed by atoms with E-state index in [1.807, 2.05) is 50.2 Å². The Hall–Kier alpha value is -2.14. The lowest BCUT2D eigenvalue weighted by Crippen LogP contribution is -2.19. The number of nitrogens with zero attached hydrogens (tertiary/aromatic N) is 1. The molecule has 0 saturated carbocycles. The van der Waals surface area contributed by atoms with Crippen molar-refractivity contribution in [1.82, 2.24) is 0 Å². The van der Waals surface area contributed by atoms with Gasteiger partial charge in [-0.1, -0.05) is 6.07 Å². The molecule has 0 unspecified atom stereocenters. The van der Waals surface area contributed by atoms with Gasteiger partial charge in [-0.25, -0.2) is 4.39 Å². The smallest absolute Gasteiger partial charge is 0.175 e. The van der Waals surface area contributed by atoms with Crippen LogP contribution in [0, 0.1) is 12.7 Å². The minimum absolute atomic E-state index is 0.291. The van der Waals surface area contributed by atoms with E-state index >= 15 is 0 Å². The monoisotopic (exact) mass is 303 g/mol. The van der Waals surface area contributed by atoms with Gasteiger partial charge in [-0.05, 0) is 61.1 Å². The van der Waals surface area contributed by atoms with Crippen LogP contribution in [0.25, 0.3) is 0 Å². The number of rotatable bonds is 3. The van der Waals surface area contributed by atoms with Gasteiger partial charge in [0.25, 0.3) is 0 Å². The highest BCUT2D eigenvalue weighted by Gasteiger charge is 2.04. The fourth-order valence-corrected chi connectivity index (χ4v) is 2.08. The molecule has 2 aromatic rings. The van der Waals surface area contributed by atoms with Gasteiger partial charge >= 0.3 is 0 Å². The van der Waals surface area contributed by atoms with Crippen LogP contribution in [-0.2, 0) is 0 Å². The lowest BCUT2D eigenvalue weighted by Gasteiger charge is -2.15. The van der Waals surface area contributed by atoms with Gasteiger partial charge in [0, 0.05) is 31.2 Å². The third-order valence-corrected chi connectivity index (χ3v) is 3.29. The molecule has 0 radical (unpaired) electrons. The van der Waals surface area contributed by atoms with Crippen LogP contribution in [0.3, 0.4) is 0 Å². The van der Waals surface area contributed by atoms with Crippen molar-refractivity contribution >= 4 is 34.4 Å². The highest BCUT2D eigenvalue weighted by atomic mass is 32.1. The molecule has 0 spiro atoms. The van der Waals surface area contributed by atoms with E-state index in [1.54, 1.807) is 6.07 Å². The van der Waals surface area contributed by atoms with E-state index in [-0.39, 0.29) is 5.82 Å². The third kappa shape index (κ3) is 4.16. The van der Waals surface area contributed by atoms with Crippen molar-refractivity contribution in [3.05, 3.63) is 53.8 Å². The van der Waals surface area contributed by atoms with Gasteiger partial charge < -0.3 is 15.5 Å². The Kier molecular flexibility index (Phi) is 4.75. The average molecular weight is 303 g/mol. The van der Waals surface area contributed by atoms with Gasteiger partial charge in [0.2, 0.25) is 0 Å². The SMILES string of the molecule is Cc1ccc(F)cc1NC(=S)Nc1ccc(N(C)C)cc1. The van der Waals surface area contributed by atoms with Crippen molar-refractivity contribution in [2.75, 3.05) is 29.6 Å². The Balaban J connectivity index is 2.03. The Bertz CT molecular complexity index is 638. The molecule has 3 nitrogen and oxygen atoms in total. The summed E-state index contributed by atoms with van der Waals surface area (Å²) in [6, 6.07) is 12.5. The largest absolute Gasteiger partial charge is 0.378 e. The van der Waals surface area contributed by atoms with Crippen molar-refractivity contribution in [1.29, 1.82) is 0 Å². The first-order valence-electron chi connectivity index (χ1n) is 6.57. The van der Waals surface area contributed by atoms with Gasteiger partial charge in [0.15, 0.2) is 5.11 Å². The fourth-order valence-electron chi connectivity index (χ4n) is 1.86. The zero-order valence-electron chi connectivity index (χ0n) is 12.3. The van der Waals surface area contributed by atoms with Crippen molar-refractivity contribution in [3.8, 4) is 0 Å². The van der Waals surface area contributed by atoms with Crippen molar-refractivity contribution in [3.63, 3.8) is 0 Å². The van der Waals surface area contributed by atoms with Crippen molar-refractivity contribution in [2.45, 2.75) is 6.92 Å². The number of aryl methyl sites for hydroxylation is 1. The molecule has 0 amide bonds. The zero-order valence-corrected chi connectivity index (χ0v) is 13.1. The van der Waals surface area contributed by atoms with E-state index in [1.165, 1.54) is 12.1 Å². The second-order valence-corrected chi connectivity index (χ2v) is 5.39. The highest BCUT2D eigenvalue weighted by molar-refractivity contribution is 7.80. The molecule has 0 atom stereocenters. The number of nitrogens with one attached hydrogen (secondary N) is 2. The van der Waals surface area contributed by atoms with E-state index in [0.29, 0.717) is 10.8 Å². The number of hydrogen-bond donors (Lipinski definition) is 2. The molecule has 0 heterocycles. The summed E-state index contributed by atoms with van der Waals surface area (Å²) >= 11 is 5.25. The molecule has 2 rings (SSSR count). The summed E-state index contributed by atoms with van der Waals surface area (Å²) in [5, 5.41) is 6.52. The number of hydrogen-bond acceptors (Lipinski definition) is 2. The molecule has 110 valence electrons. The molecule has 0 aromatic heterocycles. The number of benzene rings is 2. The summed E-state index contributed by atoms with van der Waals surface area (Å²) in [4.78, 5) is 2.02. The molecule has 0 aliphatic rings. The molecule has 0 bridgehead atoms. The summed E-state index contributed by atoms with van der Waals surface area (Å²) in [6.45, 7) is 1.90. The Labute approximate surface area is 129 Å². The van der Waals surface area contributed by atoms with Gasteiger partial charge in [-0.2, -0.15) is 0 Å².